The molecule has 0 unspecified atom stereocenters. The van der Waals surface area contributed by atoms with Gasteiger partial charge in [0.15, 0.2) is 0 Å². The number of allylic oxidation sites excluding steroid dienone is 1. The summed E-state index contributed by atoms with van der Waals surface area (Å²) in [4.78, 5) is 17.5. The van der Waals surface area contributed by atoms with Gasteiger partial charge in [0.05, 0.1) is 29.4 Å². The molecule has 3 aromatic carbocycles. The number of esters is 1. The van der Waals surface area contributed by atoms with Gasteiger partial charge in [-0.15, -0.1) is 0 Å². The van der Waals surface area contributed by atoms with Gasteiger partial charge in [0.1, 0.15) is 5.03 Å². The van der Waals surface area contributed by atoms with Crippen LogP contribution in [-0.4, -0.2) is 30.4 Å². The Labute approximate surface area is 204 Å². The summed E-state index contributed by atoms with van der Waals surface area (Å²) in [5.74, 6) is -0.438. The molecule has 0 amide bonds. The Hall–Kier alpha value is -3.84. The molecule has 0 aromatic heterocycles. The zero-order chi connectivity index (χ0) is 23.9. The molecule has 172 valence electrons. The first kappa shape index (κ1) is 23.3. The minimum Gasteiger partial charge on any atom is -0.461 e. The van der Waals surface area contributed by atoms with E-state index < -0.39 is 5.97 Å². The number of hydrogen-bond donors (Lipinski definition) is 1. The predicted octanol–water partition coefficient (Wildman–Crippen LogP) is 6.13. The number of nitrogens with one attached hydrogen (secondary N) is 1. The van der Waals surface area contributed by atoms with Gasteiger partial charge in [-0.2, -0.15) is 5.10 Å². The van der Waals surface area contributed by atoms with Gasteiger partial charge in [-0.25, -0.2) is 14.8 Å². The van der Waals surface area contributed by atoms with Crippen LogP contribution < -0.4 is 10.3 Å². The molecule has 0 saturated carbocycles. The van der Waals surface area contributed by atoms with E-state index in [1.165, 1.54) is 11.8 Å². The molecule has 0 atom stereocenters. The van der Waals surface area contributed by atoms with Gasteiger partial charge in [0.2, 0.25) is 5.04 Å². The Kier molecular flexibility index (Phi) is 7.44. The fraction of sp³-hybridized carbons (Fsp3) is 0.148. The second kappa shape index (κ2) is 10.9. The SMILES string of the molecule is CCOC(=O)C1=NN(c2ccc(C)cc2)C(=CC(=Nc2ccccc2NC)c2ccccc2)S1. The zero-order valence-electron chi connectivity index (χ0n) is 19.4. The third kappa shape index (κ3) is 5.38. The van der Waals surface area contributed by atoms with Gasteiger partial charge in [-0.05, 0) is 56.0 Å². The molecule has 0 aliphatic carbocycles. The van der Waals surface area contributed by atoms with E-state index in [1.807, 2.05) is 98.9 Å². The molecule has 4 rings (SSSR count). The summed E-state index contributed by atoms with van der Waals surface area (Å²) in [6.45, 7) is 4.11. The number of carbonyl (C=O) groups is 1. The standard InChI is InChI=1S/C27H26N4O2S/c1-4-33-27(32)26-30-31(21-16-14-19(2)15-17-21)25(34-26)18-24(20-10-6-5-7-11-20)29-23-13-9-8-12-22(23)28-3/h5-18,28H,4H2,1-3H3. The van der Waals surface area contributed by atoms with Crippen molar-refractivity contribution < 1.29 is 9.53 Å². The first-order valence-corrected chi connectivity index (χ1v) is 11.8. The lowest BCUT2D eigenvalue weighted by molar-refractivity contribution is -0.134. The molecule has 1 N–H and O–H groups in total. The van der Waals surface area contributed by atoms with Crippen LogP contribution in [0.15, 0.2) is 100 Å². The molecule has 1 aliphatic heterocycles. The maximum Gasteiger partial charge on any atom is 0.365 e. The van der Waals surface area contributed by atoms with Crippen LogP contribution in [0.4, 0.5) is 17.1 Å². The third-order valence-electron chi connectivity index (χ3n) is 5.07. The summed E-state index contributed by atoms with van der Waals surface area (Å²) in [5.41, 5.74) is 5.44. The average Bonchev–Trinajstić information content (AvgIpc) is 3.29. The minimum absolute atomic E-state index is 0.289. The maximum absolute atomic E-state index is 12.5. The summed E-state index contributed by atoms with van der Waals surface area (Å²) in [6, 6.07) is 25.8. The number of benzene rings is 3. The van der Waals surface area contributed by atoms with Crippen LogP contribution in [0.2, 0.25) is 0 Å². The van der Waals surface area contributed by atoms with E-state index in [0.717, 1.165) is 38.9 Å². The number of aryl methyl sites for hydroxylation is 1. The van der Waals surface area contributed by atoms with Gasteiger partial charge in [0.25, 0.3) is 0 Å². The van der Waals surface area contributed by atoms with Gasteiger partial charge < -0.3 is 10.1 Å². The van der Waals surface area contributed by atoms with E-state index in [2.05, 4.69) is 10.4 Å². The van der Waals surface area contributed by atoms with Crippen molar-refractivity contribution in [3.8, 4) is 0 Å². The summed E-state index contributed by atoms with van der Waals surface area (Å²) in [5, 5.41) is 10.6. The van der Waals surface area contributed by atoms with Crippen molar-refractivity contribution in [2.75, 3.05) is 24.0 Å². The van der Waals surface area contributed by atoms with E-state index in [0.29, 0.717) is 6.61 Å². The van der Waals surface area contributed by atoms with Gasteiger partial charge >= 0.3 is 5.97 Å². The molecule has 0 fully saturated rings. The fourth-order valence-electron chi connectivity index (χ4n) is 3.36. The topological polar surface area (TPSA) is 66.3 Å². The molecule has 0 saturated heterocycles. The largest absolute Gasteiger partial charge is 0.461 e. The normalized spacial score (nSPS) is 14.8. The van der Waals surface area contributed by atoms with Crippen molar-refractivity contribution in [2.24, 2.45) is 10.1 Å². The molecule has 1 heterocycles. The Morgan fingerprint density at radius 1 is 1.06 bits per heavy atom. The van der Waals surface area contributed by atoms with Crippen molar-refractivity contribution in [1.82, 2.24) is 0 Å². The number of hydrogen-bond acceptors (Lipinski definition) is 7. The predicted molar refractivity (Wildman–Crippen MR) is 142 cm³/mol. The van der Waals surface area contributed by atoms with Crippen LogP contribution in [0.1, 0.15) is 18.1 Å². The number of para-hydroxylation sites is 2. The van der Waals surface area contributed by atoms with E-state index in [-0.39, 0.29) is 5.04 Å². The lowest BCUT2D eigenvalue weighted by Crippen LogP contribution is -2.13. The van der Waals surface area contributed by atoms with Crippen LogP contribution >= 0.6 is 11.8 Å². The highest BCUT2D eigenvalue weighted by molar-refractivity contribution is 8.19. The number of aliphatic imine (C=N–C) groups is 1. The summed E-state index contributed by atoms with van der Waals surface area (Å²) < 4.78 is 5.21. The fourth-order valence-corrected chi connectivity index (χ4v) is 4.22. The van der Waals surface area contributed by atoms with Crippen LogP contribution in [0.3, 0.4) is 0 Å². The second-order valence-electron chi connectivity index (χ2n) is 7.49. The number of carbonyl (C=O) groups excluding carboxylic acids is 1. The molecule has 34 heavy (non-hydrogen) atoms. The van der Waals surface area contributed by atoms with Crippen LogP contribution in [0.25, 0.3) is 0 Å². The maximum atomic E-state index is 12.5. The molecule has 3 aromatic rings. The lowest BCUT2D eigenvalue weighted by atomic mass is 10.1. The number of rotatable bonds is 7. The quantitative estimate of drug-likeness (QED) is 0.332. The lowest BCUT2D eigenvalue weighted by Gasteiger charge is -2.16. The second-order valence-corrected chi connectivity index (χ2v) is 8.50. The molecule has 1 aliphatic rings. The highest BCUT2D eigenvalue weighted by Gasteiger charge is 2.29. The minimum atomic E-state index is -0.438. The number of hydrazone groups is 1. The zero-order valence-corrected chi connectivity index (χ0v) is 20.2. The number of thioether (sulfide) groups is 1. The smallest absolute Gasteiger partial charge is 0.365 e. The summed E-state index contributed by atoms with van der Waals surface area (Å²) in [7, 11) is 1.88. The average molecular weight is 471 g/mol. The van der Waals surface area contributed by atoms with Crippen LogP contribution in [-0.2, 0) is 9.53 Å². The van der Waals surface area contributed by atoms with Crippen LogP contribution in [0, 0.1) is 6.92 Å². The highest BCUT2D eigenvalue weighted by atomic mass is 32.2. The van der Waals surface area contributed by atoms with Crippen molar-refractivity contribution in [1.29, 1.82) is 0 Å². The summed E-state index contributed by atoms with van der Waals surface area (Å²) >= 11 is 1.28. The monoisotopic (exact) mass is 470 g/mol. The summed E-state index contributed by atoms with van der Waals surface area (Å²) in [6.07, 6.45) is 1.96. The number of anilines is 2. The van der Waals surface area contributed by atoms with Gasteiger partial charge in [-0.1, -0.05) is 60.2 Å². The van der Waals surface area contributed by atoms with Crippen molar-refractivity contribution in [3.05, 3.63) is 101 Å². The Morgan fingerprint density at radius 2 is 1.76 bits per heavy atom. The molecule has 6 nitrogen and oxygen atoms in total. The van der Waals surface area contributed by atoms with Gasteiger partial charge in [-0.3, -0.25) is 0 Å². The van der Waals surface area contributed by atoms with Crippen molar-refractivity contribution in [2.45, 2.75) is 13.8 Å². The molecule has 0 bridgehead atoms. The molecular formula is C27H26N4O2S. The third-order valence-corrected chi connectivity index (χ3v) is 6.02. The molecular weight excluding hydrogens is 444 g/mol. The number of ether oxygens (including phenoxy) is 1. The van der Waals surface area contributed by atoms with E-state index >= 15 is 0 Å². The van der Waals surface area contributed by atoms with Crippen LogP contribution in [0.5, 0.6) is 0 Å². The van der Waals surface area contributed by atoms with Crippen molar-refractivity contribution >= 4 is 45.5 Å². The number of nitrogens with zero attached hydrogens (tertiary/aromatic N) is 3. The first-order valence-electron chi connectivity index (χ1n) is 11.0. The van der Waals surface area contributed by atoms with Gasteiger partial charge in [0, 0.05) is 12.6 Å². The Morgan fingerprint density at radius 3 is 2.47 bits per heavy atom. The molecule has 0 spiro atoms. The van der Waals surface area contributed by atoms with E-state index in [4.69, 9.17) is 9.73 Å². The Balaban J connectivity index is 1.82. The molecule has 0 radical (unpaired) electrons. The molecule has 7 heteroatoms. The van der Waals surface area contributed by atoms with E-state index in [9.17, 15) is 4.79 Å². The first-order chi connectivity index (χ1) is 16.6. The van der Waals surface area contributed by atoms with E-state index in [1.54, 1.807) is 11.9 Å². The van der Waals surface area contributed by atoms with Crippen molar-refractivity contribution in [3.63, 3.8) is 0 Å². The Bertz CT molecular complexity index is 1250. The highest BCUT2D eigenvalue weighted by Crippen LogP contribution is 2.36.